The second kappa shape index (κ2) is 3.56. The van der Waals surface area contributed by atoms with E-state index in [-0.39, 0.29) is 0 Å². The molecule has 2 aromatic rings. The number of nitrogen functional groups attached to an aromatic ring is 1. The highest BCUT2D eigenvalue weighted by atomic mass is 16.5. The lowest BCUT2D eigenvalue weighted by Gasteiger charge is -2.07. The first-order valence-corrected chi connectivity index (χ1v) is 5.31. The summed E-state index contributed by atoms with van der Waals surface area (Å²) in [6.07, 6.45) is 2.63. The van der Waals surface area contributed by atoms with Gasteiger partial charge in [-0.05, 0) is 25.0 Å². The fourth-order valence-corrected chi connectivity index (χ4v) is 1.56. The average molecular weight is 216 g/mol. The van der Waals surface area contributed by atoms with Crippen LogP contribution in [-0.2, 0) is 0 Å². The van der Waals surface area contributed by atoms with Crippen LogP contribution < -0.4 is 10.5 Å². The second-order valence-electron chi connectivity index (χ2n) is 3.93. The van der Waals surface area contributed by atoms with Crippen LogP contribution in [0.15, 0.2) is 34.9 Å². The number of nitrogens with two attached hydrogens (primary N) is 1. The summed E-state index contributed by atoms with van der Waals surface area (Å²) >= 11 is 0. The van der Waals surface area contributed by atoms with Crippen LogP contribution in [0, 0.1) is 0 Å². The summed E-state index contributed by atoms with van der Waals surface area (Å²) in [6, 6.07) is 9.49. The van der Waals surface area contributed by atoms with Crippen LogP contribution in [0.2, 0.25) is 0 Å². The zero-order valence-corrected chi connectivity index (χ0v) is 8.72. The number of benzene rings is 1. The van der Waals surface area contributed by atoms with Gasteiger partial charge in [0.1, 0.15) is 11.4 Å². The molecule has 0 spiro atoms. The molecule has 1 aliphatic carbocycles. The third-order valence-corrected chi connectivity index (χ3v) is 2.51. The summed E-state index contributed by atoms with van der Waals surface area (Å²) in [5, 5.41) is 3.89. The van der Waals surface area contributed by atoms with Crippen LogP contribution in [0.25, 0.3) is 11.3 Å². The molecule has 1 fully saturated rings. The molecule has 4 nitrogen and oxygen atoms in total. The molecule has 0 bridgehead atoms. The summed E-state index contributed by atoms with van der Waals surface area (Å²) in [6.45, 7) is 0. The van der Waals surface area contributed by atoms with Gasteiger partial charge >= 0.3 is 0 Å². The molecule has 0 radical (unpaired) electrons. The lowest BCUT2D eigenvalue weighted by atomic mass is 10.1. The van der Waals surface area contributed by atoms with Crippen molar-refractivity contribution in [3.05, 3.63) is 30.3 Å². The predicted molar refractivity (Wildman–Crippen MR) is 60.0 cm³/mol. The van der Waals surface area contributed by atoms with Crippen molar-refractivity contribution in [1.82, 2.24) is 5.16 Å². The maximum Gasteiger partial charge on any atom is 0.222 e. The molecule has 1 aromatic heterocycles. The third-order valence-electron chi connectivity index (χ3n) is 2.51. The smallest absolute Gasteiger partial charge is 0.222 e. The highest BCUT2D eigenvalue weighted by Gasteiger charge is 2.25. The van der Waals surface area contributed by atoms with E-state index in [4.69, 9.17) is 15.0 Å². The summed E-state index contributed by atoms with van der Waals surface area (Å²) in [5.74, 6) is 1.16. The standard InChI is InChI=1S/C12H12N2O2/c13-12-7-10(14-16-12)9-3-1-2-4-11(9)15-8-5-6-8/h1-4,7-8H,5-6,13H2. The Kier molecular flexibility index (Phi) is 2.06. The van der Waals surface area contributed by atoms with Gasteiger partial charge in [0.2, 0.25) is 5.88 Å². The number of ether oxygens (including phenoxy) is 1. The Balaban J connectivity index is 1.98. The summed E-state index contributed by atoms with van der Waals surface area (Å²) in [4.78, 5) is 0. The fourth-order valence-electron chi connectivity index (χ4n) is 1.56. The number of hydrogen-bond donors (Lipinski definition) is 1. The molecule has 16 heavy (non-hydrogen) atoms. The molecule has 0 amide bonds. The SMILES string of the molecule is Nc1cc(-c2ccccc2OC2CC2)no1. The summed E-state index contributed by atoms with van der Waals surface area (Å²) in [7, 11) is 0. The highest BCUT2D eigenvalue weighted by Crippen LogP contribution is 2.34. The topological polar surface area (TPSA) is 61.3 Å². The average Bonchev–Trinajstić information content (AvgIpc) is 3.00. The molecule has 0 aliphatic heterocycles. The minimum Gasteiger partial charge on any atom is -0.490 e. The monoisotopic (exact) mass is 216 g/mol. The van der Waals surface area contributed by atoms with E-state index in [0.29, 0.717) is 17.7 Å². The largest absolute Gasteiger partial charge is 0.490 e. The maximum absolute atomic E-state index is 5.80. The van der Waals surface area contributed by atoms with Crippen LogP contribution in [0.5, 0.6) is 5.75 Å². The molecule has 1 aliphatic rings. The minimum atomic E-state index is 0.316. The van der Waals surface area contributed by atoms with Crippen molar-refractivity contribution in [1.29, 1.82) is 0 Å². The van der Waals surface area contributed by atoms with Crippen molar-refractivity contribution in [2.75, 3.05) is 5.73 Å². The normalized spacial score (nSPS) is 15.0. The molecular weight excluding hydrogens is 204 g/mol. The number of hydrogen-bond acceptors (Lipinski definition) is 4. The molecule has 0 unspecified atom stereocenters. The third kappa shape index (κ3) is 1.74. The zero-order chi connectivity index (χ0) is 11.0. The van der Waals surface area contributed by atoms with Crippen LogP contribution >= 0.6 is 0 Å². The Morgan fingerprint density at radius 3 is 2.81 bits per heavy atom. The van der Waals surface area contributed by atoms with Gasteiger partial charge in [-0.2, -0.15) is 0 Å². The fraction of sp³-hybridized carbons (Fsp3) is 0.250. The first-order chi connectivity index (χ1) is 7.83. The van der Waals surface area contributed by atoms with Crippen molar-refractivity contribution in [2.45, 2.75) is 18.9 Å². The van der Waals surface area contributed by atoms with Gasteiger partial charge in [0, 0.05) is 11.6 Å². The number of aromatic nitrogens is 1. The number of anilines is 1. The van der Waals surface area contributed by atoms with Gasteiger partial charge in [-0.1, -0.05) is 17.3 Å². The molecule has 0 saturated heterocycles. The van der Waals surface area contributed by atoms with Gasteiger partial charge in [-0.3, -0.25) is 0 Å². The second-order valence-corrected chi connectivity index (χ2v) is 3.93. The summed E-state index contributed by atoms with van der Waals surface area (Å²) in [5.41, 5.74) is 7.15. The highest BCUT2D eigenvalue weighted by molar-refractivity contribution is 5.68. The minimum absolute atomic E-state index is 0.316. The van der Waals surface area contributed by atoms with Crippen LogP contribution in [-0.4, -0.2) is 11.3 Å². The van der Waals surface area contributed by atoms with Crippen LogP contribution in [0.3, 0.4) is 0 Å². The molecular formula is C12H12N2O2. The number of para-hydroxylation sites is 1. The predicted octanol–water partition coefficient (Wildman–Crippen LogP) is 2.47. The van der Waals surface area contributed by atoms with E-state index in [0.717, 1.165) is 24.2 Å². The van der Waals surface area contributed by atoms with Gasteiger partial charge in [0.05, 0.1) is 6.10 Å². The van der Waals surface area contributed by atoms with E-state index in [9.17, 15) is 0 Å². The zero-order valence-electron chi connectivity index (χ0n) is 8.72. The van der Waals surface area contributed by atoms with Crippen molar-refractivity contribution in [3.63, 3.8) is 0 Å². The van der Waals surface area contributed by atoms with Crippen LogP contribution in [0.1, 0.15) is 12.8 Å². The van der Waals surface area contributed by atoms with Crippen molar-refractivity contribution in [2.24, 2.45) is 0 Å². The van der Waals surface area contributed by atoms with Gasteiger partial charge in [-0.25, -0.2) is 0 Å². The Morgan fingerprint density at radius 1 is 1.31 bits per heavy atom. The van der Waals surface area contributed by atoms with Crippen molar-refractivity contribution >= 4 is 5.88 Å². The molecule has 0 atom stereocenters. The maximum atomic E-state index is 5.80. The lowest BCUT2D eigenvalue weighted by Crippen LogP contribution is -1.97. The number of nitrogens with zero attached hydrogens (tertiary/aromatic N) is 1. The molecule has 4 heteroatoms. The molecule has 1 saturated carbocycles. The molecule has 2 N–H and O–H groups in total. The number of rotatable bonds is 3. The first kappa shape index (κ1) is 9.27. The Bertz CT molecular complexity index is 503. The van der Waals surface area contributed by atoms with E-state index in [2.05, 4.69) is 5.16 Å². The van der Waals surface area contributed by atoms with E-state index < -0.39 is 0 Å². The molecule has 3 rings (SSSR count). The Labute approximate surface area is 93.0 Å². The Hall–Kier alpha value is -1.97. The van der Waals surface area contributed by atoms with Crippen molar-refractivity contribution < 1.29 is 9.26 Å². The van der Waals surface area contributed by atoms with Gasteiger partial charge in [0.25, 0.3) is 0 Å². The van der Waals surface area contributed by atoms with E-state index in [1.807, 2.05) is 24.3 Å². The van der Waals surface area contributed by atoms with E-state index >= 15 is 0 Å². The molecule has 82 valence electrons. The molecule has 1 heterocycles. The Morgan fingerprint density at radius 2 is 2.12 bits per heavy atom. The van der Waals surface area contributed by atoms with Gasteiger partial charge in [-0.15, -0.1) is 0 Å². The van der Waals surface area contributed by atoms with E-state index in [1.54, 1.807) is 6.07 Å². The van der Waals surface area contributed by atoms with Crippen molar-refractivity contribution in [3.8, 4) is 17.0 Å². The quantitative estimate of drug-likeness (QED) is 0.856. The van der Waals surface area contributed by atoms with E-state index in [1.165, 1.54) is 0 Å². The molecule has 1 aromatic carbocycles. The van der Waals surface area contributed by atoms with Crippen LogP contribution in [0.4, 0.5) is 5.88 Å². The first-order valence-electron chi connectivity index (χ1n) is 5.31. The summed E-state index contributed by atoms with van der Waals surface area (Å²) < 4.78 is 10.7. The van der Waals surface area contributed by atoms with Gasteiger partial charge in [0.15, 0.2) is 0 Å². The lowest BCUT2D eigenvalue weighted by molar-refractivity contribution is 0.304. The van der Waals surface area contributed by atoms with Gasteiger partial charge < -0.3 is 15.0 Å².